The van der Waals surface area contributed by atoms with Crippen LogP contribution in [0.25, 0.3) is 6.08 Å². The third kappa shape index (κ3) is 3.89. The van der Waals surface area contributed by atoms with Gasteiger partial charge in [0.1, 0.15) is 0 Å². The zero-order valence-corrected chi connectivity index (χ0v) is 16.4. The number of amides is 1. The Bertz CT molecular complexity index is 1040. The van der Waals surface area contributed by atoms with Crippen molar-refractivity contribution in [2.24, 2.45) is 0 Å². The fraction of sp³-hybridized carbons (Fsp3) is 0. The Morgan fingerprint density at radius 2 is 1.85 bits per heavy atom. The molecule has 2 aromatic rings. The van der Waals surface area contributed by atoms with Crippen molar-refractivity contribution in [2.75, 3.05) is 4.90 Å². The average Bonchev–Trinajstić information content (AvgIpc) is 2.90. The summed E-state index contributed by atoms with van der Waals surface area (Å²) >= 11 is 9.36. The van der Waals surface area contributed by atoms with E-state index in [9.17, 15) is 25.0 Å². The van der Waals surface area contributed by atoms with E-state index < -0.39 is 15.8 Å². The molecule has 0 aliphatic carbocycles. The highest BCUT2D eigenvalue weighted by atomic mass is 79.9. The molecule has 0 unspecified atom stereocenters. The number of nitro groups is 2. The molecule has 0 radical (unpaired) electrons. The molecule has 136 valence electrons. The fourth-order valence-electron chi connectivity index (χ4n) is 2.35. The minimum absolute atomic E-state index is 0.127. The van der Waals surface area contributed by atoms with Crippen LogP contribution in [-0.4, -0.2) is 20.1 Å². The molecule has 0 bridgehead atoms. The Balaban J connectivity index is 1.96. The van der Waals surface area contributed by atoms with Gasteiger partial charge in [0.05, 0.1) is 24.9 Å². The molecular weight excluding hydrogens is 458 g/mol. The normalized spacial score (nSPS) is 15.4. The first-order chi connectivity index (χ1) is 12.8. The SMILES string of the molecule is O=C1/C(=C\c2ccc(Br)c([N+](=O)[O-])c2)SC(=S)N1c1cccc([N+](=O)[O-])c1. The van der Waals surface area contributed by atoms with Crippen molar-refractivity contribution in [1.82, 2.24) is 0 Å². The lowest BCUT2D eigenvalue weighted by atomic mass is 10.2. The number of halogens is 1. The first-order valence-corrected chi connectivity index (χ1v) is 9.26. The van der Waals surface area contributed by atoms with Crippen LogP contribution in [0.15, 0.2) is 51.8 Å². The van der Waals surface area contributed by atoms with Crippen LogP contribution < -0.4 is 4.90 Å². The van der Waals surface area contributed by atoms with Crippen LogP contribution in [0.4, 0.5) is 17.1 Å². The van der Waals surface area contributed by atoms with Crippen LogP contribution in [0.5, 0.6) is 0 Å². The molecule has 3 rings (SSSR count). The molecule has 27 heavy (non-hydrogen) atoms. The lowest BCUT2D eigenvalue weighted by Gasteiger charge is -2.13. The number of thiocarbonyl (C=S) groups is 1. The van der Waals surface area contributed by atoms with Crippen LogP contribution in [0.3, 0.4) is 0 Å². The van der Waals surface area contributed by atoms with E-state index >= 15 is 0 Å². The van der Waals surface area contributed by atoms with Crippen molar-refractivity contribution < 1.29 is 14.6 Å². The molecule has 11 heteroatoms. The molecule has 1 heterocycles. The molecule has 8 nitrogen and oxygen atoms in total. The molecule has 0 N–H and O–H groups in total. The number of hydrogen-bond acceptors (Lipinski definition) is 7. The van der Waals surface area contributed by atoms with Gasteiger partial charge in [-0.05, 0) is 39.7 Å². The first-order valence-electron chi connectivity index (χ1n) is 7.24. The van der Waals surface area contributed by atoms with Crippen molar-refractivity contribution in [2.45, 2.75) is 0 Å². The summed E-state index contributed by atoms with van der Waals surface area (Å²) in [5, 5.41) is 22.0. The molecule has 0 aromatic heterocycles. The van der Waals surface area contributed by atoms with Gasteiger partial charge in [0.2, 0.25) is 0 Å². The number of nitro benzene ring substituents is 2. The minimum atomic E-state index is -0.558. The summed E-state index contributed by atoms with van der Waals surface area (Å²) in [4.78, 5) is 35.1. The van der Waals surface area contributed by atoms with E-state index in [0.29, 0.717) is 10.0 Å². The van der Waals surface area contributed by atoms with Crippen molar-refractivity contribution in [3.63, 3.8) is 0 Å². The summed E-state index contributed by atoms with van der Waals surface area (Å²) in [7, 11) is 0. The second kappa shape index (κ2) is 7.55. The minimum Gasteiger partial charge on any atom is -0.268 e. The van der Waals surface area contributed by atoms with E-state index in [1.54, 1.807) is 12.1 Å². The maximum absolute atomic E-state index is 12.7. The Hall–Kier alpha value is -2.63. The second-order valence-corrected chi connectivity index (χ2v) is 7.79. The van der Waals surface area contributed by atoms with Gasteiger partial charge in [0, 0.05) is 18.2 Å². The smallest absolute Gasteiger partial charge is 0.268 e. The van der Waals surface area contributed by atoms with Gasteiger partial charge < -0.3 is 0 Å². The standard InChI is InChI=1S/C16H8BrN3O5S2/c17-12-5-4-9(6-13(12)20(24)25)7-14-15(21)18(16(26)27-14)10-2-1-3-11(8-10)19(22)23/h1-8H/b14-7+. The van der Waals surface area contributed by atoms with Gasteiger partial charge in [-0.1, -0.05) is 36.1 Å². The zero-order valence-electron chi connectivity index (χ0n) is 13.2. The number of rotatable bonds is 4. The van der Waals surface area contributed by atoms with Gasteiger partial charge in [0.15, 0.2) is 4.32 Å². The molecule has 1 saturated heterocycles. The Morgan fingerprint density at radius 1 is 1.11 bits per heavy atom. The number of thioether (sulfide) groups is 1. The van der Waals surface area contributed by atoms with E-state index in [4.69, 9.17) is 12.2 Å². The van der Waals surface area contributed by atoms with Crippen LogP contribution in [0.2, 0.25) is 0 Å². The highest BCUT2D eigenvalue weighted by molar-refractivity contribution is 9.10. The maximum atomic E-state index is 12.7. The lowest BCUT2D eigenvalue weighted by molar-refractivity contribution is -0.385. The molecule has 0 saturated carbocycles. The van der Waals surface area contributed by atoms with Gasteiger partial charge in [-0.15, -0.1) is 0 Å². The van der Waals surface area contributed by atoms with Crippen molar-refractivity contribution in [1.29, 1.82) is 0 Å². The Kier molecular flexibility index (Phi) is 5.35. The van der Waals surface area contributed by atoms with E-state index in [1.807, 2.05) is 0 Å². The van der Waals surface area contributed by atoms with E-state index in [0.717, 1.165) is 11.8 Å². The lowest BCUT2D eigenvalue weighted by Crippen LogP contribution is -2.27. The number of carbonyl (C=O) groups excluding carboxylic acids is 1. The third-order valence-corrected chi connectivity index (χ3v) is 5.53. The second-order valence-electron chi connectivity index (χ2n) is 5.26. The van der Waals surface area contributed by atoms with Crippen molar-refractivity contribution >= 4 is 73.3 Å². The molecule has 1 fully saturated rings. The molecule has 1 aliphatic heterocycles. The molecule has 2 aromatic carbocycles. The Morgan fingerprint density at radius 3 is 2.52 bits per heavy atom. The van der Waals surface area contributed by atoms with Gasteiger partial charge >= 0.3 is 0 Å². The average molecular weight is 466 g/mol. The van der Waals surface area contributed by atoms with Gasteiger partial charge in [-0.2, -0.15) is 0 Å². The highest BCUT2D eigenvalue weighted by Gasteiger charge is 2.34. The van der Waals surface area contributed by atoms with Crippen molar-refractivity contribution in [3.05, 3.63) is 77.6 Å². The van der Waals surface area contributed by atoms with Gasteiger partial charge in [-0.25, -0.2) is 0 Å². The number of non-ortho nitro benzene ring substituents is 1. The predicted octanol–water partition coefficient (Wildman–Crippen LogP) is 4.67. The van der Waals surface area contributed by atoms with E-state index in [-0.39, 0.29) is 26.3 Å². The topological polar surface area (TPSA) is 107 Å². The maximum Gasteiger partial charge on any atom is 0.284 e. The molecule has 1 amide bonds. The zero-order chi connectivity index (χ0) is 19.7. The number of carbonyl (C=O) groups is 1. The first kappa shape index (κ1) is 19.1. The number of hydrogen-bond donors (Lipinski definition) is 0. The molecule has 1 aliphatic rings. The predicted molar refractivity (Wildman–Crippen MR) is 110 cm³/mol. The van der Waals surface area contributed by atoms with Gasteiger partial charge in [0.25, 0.3) is 17.3 Å². The summed E-state index contributed by atoms with van der Waals surface area (Å²) in [6.45, 7) is 0. The summed E-state index contributed by atoms with van der Waals surface area (Å²) in [6, 6.07) is 10.1. The van der Waals surface area contributed by atoms with Crippen LogP contribution in [0, 0.1) is 20.2 Å². The summed E-state index contributed by atoms with van der Waals surface area (Å²) in [6.07, 6.45) is 1.50. The van der Waals surface area contributed by atoms with Crippen molar-refractivity contribution in [3.8, 4) is 0 Å². The monoisotopic (exact) mass is 465 g/mol. The van der Waals surface area contributed by atoms with Crippen LogP contribution >= 0.6 is 39.9 Å². The summed E-state index contributed by atoms with van der Waals surface area (Å²) < 4.78 is 0.548. The molecular formula is C16H8BrN3O5S2. The van der Waals surface area contributed by atoms with Crippen LogP contribution in [-0.2, 0) is 4.79 Å². The number of benzene rings is 2. The number of nitrogens with zero attached hydrogens (tertiary/aromatic N) is 3. The summed E-state index contributed by atoms with van der Waals surface area (Å²) in [5.41, 5.74) is 0.466. The summed E-state index contributed by atoms with van der Waals surface area (Å²) in [5.74, 6) is -0.448. The van der Waals surface area contributed by atoms with E-state index in [1.165, 1.54) is 41.3 Å². The van der Waals surface area contributed by atoms with Crippen LogP contribution in [0.1, 0.15) is 5.56 Å². The van der Waals surface area contributed by atoms with Gasteiger partial charge in [-0.3, -0.25) is 29.9 Å². The molecule has 0 spiro atoms. The highest BCUT2D eigenvalue weighted by Crippen LogP contribution is 2.37. The number of anilines is 1. The Labute approximate surface area is 170 Å². The molecule has 0 atom stereocenters. The van der Waals surface area contributed by atoms with E-state index in [2.05, 4.69) is 15.9 Å². The fourth-order valence-corrected chi connectivity index (χ4v) is 4.04. The third-order valence-electron chi connectivity index (χ3n) is 3.56. The largest absolute Gasteiger partial charge is 0.284 e. The quantitative estimate of drug-likeness (QED) is 0.279.